The molecule has 1 heterocycles. The highest BCUT2D eigenvalue weighted by molar-refractivity contribution is 9.10. The van der Waals surface area contributed by atoms with E-state index < -0.39 is 0 Å². The predicted molar refractivity (Wildman–Crippen MR) is 69.3 cm³/mol. The highest BCUT2D eigenvalue weighted by atomic mass is 79.9. The van der Waals surface area contributed by atoms with Crippen LogP contribution in [-0.2, 0) is 0 Å². The maximum Gasteiger partial charge on any atom is 0.106 e. The van der Waals surface area contributed by atoms with Gasteiger partial charge in [-0.3, -0.25) is 0 Å². The fourth-order valence-electron chi connectivity index (χ4n) is 1.73. The van der Waals surface area contributed by atoms with Crippen LogP contribution < -0.4 is 5.32 Å². The minimum absolute atomic E-state index is 0.196. The summed E-state index contributed by atoms with van der Waals surface area (Å²) < 4.78 is 0.860. The topological polar surface area (TPSA) is 24.9 Å². The number of benzene rings is 1. The van der Waals surface area contributed by atoms with Crippen LogP contribution in [0, 0.1) is 0 Å². The number of hydrogen-bond acceptors (Lipinski definition) is 2. The van der Waals surface area contributed by atoms with Crippen molar-refractivity contribution >= 4 is 15.9 Å². The maximum atomic E-state index is 4.25. The van der Waals surface area contributed by atoms with Gasteiger partial charge >= 0.3 is 0 Å². The van der Waals surface area contributed by atoms with E-state index in [-0.39, 0.29) is 6.04 Å². The van der Waals surface area contributed by atoms with Crippen molar-refractivity contribution in [1.29, 1.82) is 0 Å². The highest BCUT2D eigenvalue weighted by Crippen LogP contribution is 2.21. The van der Waals surface area contributed by atoms with Crippen molar-refractivity contribution in [3.63, 3.8) is 0 Å². The van der Waals surface area contributed by atoms with Crippen molar-refractivity contribution in [3.05, 3.63) is 64.4 Å². The Morgan fingerprint density at radius 1 is 1.06 bits per heavy atom. The van der Waals surface area contributed by atoms with E-state index in [2.05, 4.69) is 44.4 Å². The van der Waals surface area contributed by atoms with Gasteiger partial charge in [-0.25, -0.2) is 4.98 Å². The van der Waals surface area contributed by atoms with Gasteiger partial charge in [0.1, 0.15) is 4.60 Å². The van der Waals surface area contributed by atoms with Gasteiger partial charge in [-0.05, 0) is 40.2 Å². The Morgan fingerprint density at radius 2 is 1.81 bits per heavy atom. The summed E-state index contributed by atoms with van der Waals surface area (Å²) in [6.45, 7) is 0. The van der Waals surface area contributed by atoms with Gasteiger partial charge in [0.25, 0.3) is 0 Å². The fraction of sp³-hybridized carbons (Fsp3) is 0.154. The summed E-state index contributed by atoms with van der Waals surface area (Å²) in [5.41, 5.74) is 2.41. The van der Waals surface area contributed by atoms with Gasteiger partial charge in [0.05, 0.1) is 6.04 Å². The number of halogens is 1. The first-order chi connectivity index (χ1) is 7.81. The molecule has 0 bridgehead atoms. The molecule has 0 saturated carbocycles. The molecule has 1 aromatic heterocycles. The smallest absolute Gasteiger partial charge is 0.106 e. The van der Waals surface area contributed by atoms with Crippen molar-refractivity contribution in [2.45, 2.75) is 6.04 Å². The third-order valence-electron chi connectivity index (χ3n) is 2.51. The molecule has 0 fully saturated rings. The predicted octanol–water partition coefficient (Wildman–Crippen LogP) is 3.15. The Hall–Kier alpha value is -1.19. The third kappa shape index (κ3) is 2.49. The van der Waals surface area contributed by atoms with Gasteiger partial charge in [-0.1, -0.05) is 36.4 Å². The lowest BCUT2D eigenvalue weighted by Crippen LogP contribution is -2.17. The Labute approximate surface area is 104 Å². The average Bonchev–Trinajstić information content (AvgIpc) is 2.34. The zero-order chi connectivity index (χ0) is 11.4. The second-order valence-electron chi connectivity index (χ2n) is 3.55. The minimum atomic E-state index is 0.196. The van der Waals surface area contributed by atoms with Crippen molar-refractivity contribution in [1.82, 2.24) is 10.3 Å². The molecule has 1 aromatic carbocycles. The standard InChI is InChI=1S/C13H13BrN2/c1-15-13(10-5-3-2-4-6-10)11-7-8-12(14)16-9-11/h2-9,13,15H,1H3. The van der Waals surface area contributed by atoms with Crippen molar-refractivity contribution in [3.8, 4) is 0 Å². The van der Waals surface area contributed by atoms with E-state index in [0.717, 1.165) is 10.2 Å². The van der Waals surface area contributed by atoms with Gasteiger partial charge in [-0.2, -0.15) is 0 Å². The molecule has 1 unspecified atom stereocenters. The monoisotopic (exact) mass is 276 g/mol. The zero-order valence-corrected chi connectivity index (χ0v) is 10.6. The first-order valence-electron chi connectivity index (χ1n) is 5.15. The Bertz CT molecular complexity index is 439. The molecule has 2 rings (SSSR count). The Morgan fingerprint density at radius 3 is 2.38 bits per heavy atom. The number of nitrogens with zero attached hydrogens (tertiary/aromatic N) is 1. The van der Waals surface area contributed by atoms with E-state index in [9.17, 15) is 0 Å². The quantitative estimate of drug-likeness (QED) is 0.872. The molecule has 0 spiro atoms. The van der Waals surface area contributed by atoms with Gasteiger partial charge in [0.15, 0.2) is 0 Å². The first kappa shape index (κ1) is 11.3. The second kappa shape index (κ2) is 5.23. The van der Waals surface area contributed by atoms with Crippen molar-refractivity contribution < 1.29 is 0 Å². The lowest BCUT2D eigenvalue weighted by Gasteiger charge is -2.16. The zero-order valence-electron chi connectivity index (χ0n) is 9.02. The first-order valence-corrected chi connectivity index (χ1v) is 5.94. The number of pyridine rings is 1. The van der Waals surface area contributed by atoms with E-state index in [1.807, 2.05) is 37.5 Å². The van der Waals surface area contributed by atoms with E-state index in [0.29, 0.717) is 0 Å². The van der Waals surface area contributed by atoms with Crippen LogP contribution in [0.1, 0.15) is 17.2 Å². The van der Waals surface area contributed by atoms with E-state index in [1.54, 1.807) is 0 Å². The normalized spacial score (nSPS) is 12.4. The van der Waals surface area contributed by atoms with Crippen LogP contribution in [0.3, 0.4) is 0 Å². The third-order valence-corrected chi connectivity index (χ3v) is 2.97. The summed E-state index contributed by atoms with van der Waals surface area (Å²) in [6, 6.07) is 14.6. The van der Waals surface area contributed by atoms with Crippen LogP contribution in [-0.4, -0.2) is 12.0 Å². The average molecular weight is 277 g/mol. The highest BCUT2D eigenvalue weighted by Gasteiger charge is 2.11. The summed E-state index contributed by atoms with van der Waals surface area (Å²) in [6.07, 6.45) is 1.89. The fourth-order valence-corrected chi connectivity index (χ4v) is 1.96. The molecule has 0 amide bonds. The minimum Gasteiger partial charge on any atom is -0.309 e. The summed E-state index contributed by atoms with van der Waals surface area (Å²) in [7, 11) is 1.96. The van der Waals surface area contributed by atoms with E-state index in [1.165, 1.54) is 5.56 Å². The van der Waals surface area contributed by atoms with Gasteiger partial charge < -0.3 is 5.32 Å². The van der Waals surface area contributed by atoms with E-state index in [4.69, 9.17) is 0 Å². The molecule has 0 aliphatic rings. The number of rotatable bonds is 3. The number of aromatic nitrogens is 1. The molecule has 2 aromatic rings. The molecule has 0 radical (unpaired) electrons. The number of nitrogens with one attached hydrogen (secondary N) is 1. The van der Waals surface area contributed by atoms with Crippen molar-refractivity contribution in [2.75, 3.05) is 7.05 Å². The Kier molecular flexibility index (Phi) is 3.70. The molecule has 3 heteroatoms. The number of hydrogen-bond donors (Lipinski definition) is 1. The van der Waals surface area contributed by atoms with Crippen LogP contribution in [0.2, 0.25) is 0 Å². The molecular weight excluding hydrogens is 264 g/mol. The summed E-state index contributed by atoms with van der Waals surface area (Å²) in [5, 5.41) is 3.30. The summed E-state index contributed by atoms with van der Waals surface area (Å²) in [5.74, 6) is 0. The Balaban J connectivity index is 2.33. The molecule has 82 valence electrons. The molecule has 0 saturated heterocycles. The SMILES string of the molecule is CNC(c1ccccc1)c1ccc(Br)nc1. The van der Waals surface area contributed by atoms with Crippen LogP contribution >= 0.6 is 15.9 Å². The van der Waals surface area contributed by atoms with Gasteiger partial charge in [0.2, 0.25) is 0 Å². The van der Waals surface area contributed by atoms with Crippen molar-refractivity contribution in [2.24, 2.45) is 0 Å². The molecule has 0 aliphatic heterocycles. The lowest BCUT2D eigenvalue weighted by atomic mass is 10.0. The van der Waals surface area contributed by atoms with Crippen LogP contribution in [0.4, 0.5) is 0 Å². The van der Waals surface area contributed by atoms with Gasteiger partial charge in [-0.15, -0.1) is 0 Å². The largest absolute Gasteiger partial charge is 0.309 e. The lowest BCUT2D eigenvalue weighted by molar-refractivity contribution is 0.688. The molecule has 1 N–H and O–H groups in total. The molecule has 0 aliphatic carbocycles. The molecule has 2 nitrogen and oxygen atoms in total. The van der Waals surface area contributed by atoms with Gasteiger partial charge in [0, 0.05) is 6.20 Å². The molecule has 1 atom stereocenters. The maximum absolute atomic E-state index is 4.25. The van der Waals surface area contributed by atoms with Crippen LogP contribution in [0.5, 0.6) is 0 Å². The molecular formula is C13H13BrN2. The van der Waals surface area contributed by atoms with Crippen LogP contribution in [0.15, 0.2) is 53.3 Å². The van der Waals surface area contributed by atoms with Crippen LogP contribution in [0.25, 0.3) is 0 Å². The molecule has 16 heavy (non-hydrogen) atoms. The second-order valence-corrected chi connectivity index (χ2v) is 4.36. The van der Waals surface area contributed by atoms with E-state index >= 15 is 0 Å². The summed E-state index contributed by atoms with van der Waals surface area (Å²) >= 11 is 3.34. The summed E-state index contributed by atoms with van der Waals surface area (Å²) in [4.78, 5) is 4.25.